The summed E-state index contributed by atoms with van der Waals surface area (Å²) in [4.78, 5) is 0. The predicted molar refractivity (Wildman–Crippen MR) is 74.3 cm³/mol. The number of nitrogens with zero attached hydrogens (tertiary/aromatic N) is 1. The van der Waals surface area contributed by atoms with Crippen LogP contribution in [-0.2, 0) is 13.0 Å². The Morgan fingerprint density at radius 3 is 2.74 bits per heavy atom. The lowest BCUT2D eigenvalue weighted by atomic mass is 10.1. The van der Waals surface area contributed by atoms with E-state index in [0.29, 0.717) is 12.1 Å². The van der Waals surface area contributed by atoms with Crippen LogP contribution < -0.4 is 5.32 Å². The summed E-state index contributed by atoms with van der Waals surface area (Å²) in [5.74, 6) is -0.375. The van der Waals surface area contributed by atoms with Crippen molar-refractivity contribution in [3.63, 3.8) is 0 Å². The summed E-state index contributed by atoms with van der Waals surface area (Å²) in [6, 6.07) is 14.4. The van der Waals surface area contributed by atoms with Crippen molar-refractivity contribution in [1.29, 1.82) is 5.26 Å². The Labute approximate surface area is 112 Å². The summed E-state index contributed by atoms with van der Waals surface area (Å²) < 4.78 is 13.3. The molecule has 2 aromatic rings. The quantitative estimate of drug-likeness (QED) is 0.899. The van der Waals surface area contributed by atoms with Crippen molar-refractivity contribution in [3.8, 4) is 6.07 Å². The molecular formula is C16H15FN2. The van der Waals surface area contributed by atoms with Crippen molar-refractivity contribution in [2.75, 3.05) is 5.32 Å². The van der Waals surface area contributed by atoms with Gasteiger partial charge in [-0.15, -0.1) is 0 Å². The van der Waals surface area contributed by atoms with Gasteiger partial charge in [-0.3, -0.25) is 0 Å². The Bertz CT molecular complexity index is 614. The second-order valence-electron chi connectivity index (χ2n) is 4.32. The molecule has 0 amide bonds. The average Bonchev–Trinajstić information content (AvgIpc) is 2.44. The van der Waals surface area contributed by atoms with Crippen LogP contribution in [0.25, 0.3) is 0 Å². The lowest BCUT2D eigenvalue weighted by Crippen LogP contribution is -2.02. The lowest BCUT2D eigenvalue weighted by Gasteiger charge is -2.11. The first-order valence-electron chi connectivity index (χ1n) is 6.24. The molecule has 19 heavy (non-hydrogen) atoms. The van der Waals surface area contributed by atoms with Gasteiger partial charge in [-0.25, -0.2) is 4.39 Å². The Balaban J connectivity index is 2.15. The number of aryl methyl sites for hydroxylation is 1. The van der Waals surface area contributed by atoms with Gasteiger partial charge in [-0.2, -0.15) is 5.26 Å². The number of hydrogen-bond donors (Lipinski definition) is 1. The number of para-hydroxylation sites is 1. The molecule has 0 bridgehead atoms. The van der Waals surface area contributed by atoms with E-state index in [2.05, 4.69) is 18.3 Å². The first-order valence-corrected chi connectivity index (χ1v) is 6.24. The molecule has 2 nitrogen and oxygen atoms in total. The van der Waals surface area contributed by atoms with Crippen LogP contribution in [0.3, 0.4) is 0 Å². The Kier molecular flexibility index (Phi) is 4.15. The van der Waals surface area contributed by atoms with Gasteiger partial charge in [0.2, 0.25) is 0 Å². The number of anilines is 1. The molecule has 2 aromatic carbocycles. The van der Waals surface area contributed by atoms with Crippen LogP contribution in [-0.4, -0.2) is 0 Å². The summed E-state index contributed by atoms with van der Waals surface area (Å²) in [6.07, 6.45) is 0.940. The summed E-state index contributed by atoms with van der Waals surface area (Å²) in [7, 11) is 0. The first-order chi connectivity index (χ1) is 9.22. The minimum Gasteiger partial charge on any atom is -0.381 e. The minimum atomic E-state index is -0.375. The predicted octanol–water partition coefficient (Wildman–Crippen LogP) is 3.87. The normalized spacial score (nSPS) is 9.95. The first kappa shape index (κ1) is 13.1. The van der Waals surface area contributed by atoms with E-state index in [0.717, 1.165) is 17.7 Å². The van der Waals surface area contributed by atoms with E-state index in [1.807, 2.05) is 24.3 Å². The van der Waals surface area contributed by atoms with Gasteiger partial charge in [0.05, 0.1) is 11.6 Å². The highest BCUT2D eigenvalue weighted by atomic mass is 19.1. The third-order valence-corrected chi connectivity index (χ3v) is 2.97. The second kappa shape index (κ2) is 6.01. The van der Waals surface area contributed by atoms with Crippen molar-refractivity contribution < 1.29 is 4.39 Å². The zero-order valence-corrected chi connectivity index (χ0v) is 10.8. The highest BCUT2D eigenvalue weighted by molar-refractivity contribution is 5.51. The van der Waals surface area contributed by atoms with Gasteiger partial charge < -0.3 is 5.32 Å². The van der Waals surface area contributed by atoms with Crippen LogP contribution in [0.2, 0.25) is 0 Å². The standard InChI is InChI=1S/C16H15FN2/c1-2-14-5-3-4-6-16(14)19-11-13-7-12(10-18)8-15(17)9-13/h3-9,19H,2,11H2,1H3. The molecule has 0 aromatic heterocycles. The fraction of sp³-hybridized carbons (Fsp3) is 0.188. The number of benzene rings is 2. The van der Waals surface area contributed by atoms with E-state index in [9.17, 15) is 4.39 Å². The molecule has 0 unspecified atom stereocenters. The number of nitriles is 1. The third kappa shape index (κ3) is 3.32. The van der Waals surface area contributed by atoms with Gasteiger partial charge in [-0.05, 0) is 41.8 Å². The van der Waals surface area contributed by atoms with Crippen molar-refractivity contribution in [2.24, 2.45) is 0 Å². The molecule has 2 rings (SSSR count). The Hall–Kier alpha value is -2.34. The van der Waals surface area contributed by atoms with E-state index in [-0.39, 0.29) is 5.82 Å². The van der Waals surface area contributed by atoms with E-state index in [1.54, 1.807) is 6.07 Å². The van der Waals surface area contributed by atoms with Crippen molar-refractivity contribution in [2.45, 2.75) is 19.9 Å². The van der Waals surface area contributed by atoms with Crippen LogP contribution in [0, 0.1) is 17.1 Å². The van der Waals surface area contributed by atoms with Crippen LogP contribution in [0.15, 0.2) is 42.5 Å². The monoisotopic (exact) mass is 254 g/mol. The summed E-state index contributed by atoms with van der Waals surface area (Å²) in [5, 5.41) is 12.1. The Morgan fingerprint density at radius 2 is 2.00 bits per heavy atom. The molecule has 3 heteroatoms. The fourth-order valence-corrected chi connectivity index (χ4v) is 2.02. The molecule has 0 aliphatic rings. The van der Waals surface area contributed by atoms with Crippen molar-refractivity contribution in [3.05, 3.63) is 65.0 Å². The van der Waals surface area contributed by atoms with Gasteiger partial charge >= 0.3 is 0 Å². The highest BCUT2D eigenvalue weighted by Gasteiger charge is 2.02. The van der Waals surface area contributed by atoms with Gasteiger partial charge in [-0.1, -0.05) is 25.1 Å². The largest absolute Gasteiger partial charge is 0.381 e. The molecular weight excluding hydrogens is 239 g/mol. The summed E-state index contributed by atoms with van der Waals surface area (Å²) in [5.41, 5.74) is 3.38. The summed E-state index contributed by atoms with van der Waals surface area (Å²) in [6.45, 7) is 2.60. The van der Waals surface area contributed by atoms with Crippen molar-refractivity contribution in [1.82, 2.24) is 0 Å². The average molecular weight is 254 g/mol. The fourth-order valence-electron chi connectivity index (χ4n) is 2.02. The topological polar surface area (TPSA) is 35.8 Å². The molecule has 0 fully saturated rings. The zero-order valence-electron chi connectivity index (χ0n) is 10.8. The van der Waals surface area contributed by atoms with Crippen LogP contribution in [0.1, 0.15) is 23.6 Å². The molecule has 0 heterocycles. The number of hydrogen-bond acceptors (Lipinski definition) is 2. The maximum Gasteiger partial charge on any atom is 0.124 e. The molecule has 0 radical (unpaired) electrons. The van der Waals surface area contributed by atoms with Crippen LogP contribution in [0.5, 0.6) is 0 Å². The number of halogens is 1. The van der Waals surface area contributed by atoms with E-state index in [1.165, 1.54) is 17.7 Å². The lowest BCUT2D eigenvalue weighted by molar-refractivity contribution is 0.625. The van der Waals surface area contributed by atoms with Crippen molar-refractivity contribution >= 4 is 5.69 Å². The molecule has 0 spiro atoms. The highest BCUT2D eigenvalue weighted by Crippen LogP contribution is 2.17. The second-order valence-corrected chi connectivity index (χ2v) is 4.32. The molecule has 96 valence electrons. The minimum absolute atomic E-state index is 0.348. The molecule has 0 aliphatic heterocycles. The SMILES string of the molecule is CCc1ccccc1NCc1cc(F)cc(C#N)c1. The van der Waals surface area contributed by atoms with E-state index in [4.69, 9.17) is 5.26 Å². The molecule has 0 aliphatic carbocycles. The molecule has 0 saturated carbocycles. The summed E-state index contributed by atoms with van der Waals surface area (Å²) >= 11 is 0. The zero-order chi connectivity index (χ0) is 13.7. The maximum atomic E-state index is 13.3. The smallest absolute Gasteiger partial charge is 0.124 e. The number of rotatable bonds is 4. The maximum absolute atomic E-state index is 13.3. The molecule has 0 saturated heterocycles. The van der Waals surface area contributed by atoms with Gasteiger partial charge in [0.25, 0.3) is 0 Å². The van der Waals surface area contributed by atoms with Crippen LogP contribution in [0.4, 0.5) is 10.1 Å². The third-order valence-electron chi connectivity index (χ3n) is 2.97. The van der Waals surface area contributed by atoms with Gasteiger partial charge in [0, 0.05) is 12.2 Å². The molecule has 0 atom stereocenters. The van der Waals surface area contributed by atoms with Gasteiger partial charge in [0.1, 0.15) is 5.82 Å². The van der Waals surface area contributed by atoms with Crippen LogP contribution >= 0.6 is 0 Å². The van der Waals surface area contributed by atoms with E-state index >= 15 is 0 Å². The van der Waals surface area contributed by atoms with E-state index < -0.39 is 0 Å². The van der Waals surface area contributed by atoms with Gasteiger partial charge in [0.15, 0.2) is 0 Å². The Morgan fingerprint density at radius 1 is 1.21 bits per heavy atom. The molecule has 1 N–H and O–H groups in total. The number of nitrogens with one attached hydrogen (secondary N) is 1.